The third kappa shape index (κ3) is 4.91. The Morgan fingerprint density at radius 3 is 2.19 bits per heavy atom. The van der Waals surface area contributed by atoms with Gasteiger partial charge < -0.3 is 15.3 Å². The number of rotatable bonds is 7. The molecule has 114 valence electrons. The molecule has 0 aliphatic carbocycles. The van der Waals surface area contributed by atoms with E-state index in [0.717, 1.165) is 0 Å². The van der Waals surface area contributed by atoms with Gasteiger partial charge in [-0.1, -0.05) is 18.2 Å². The van der Waals surface area contributed by atoms with Crippen molar-refractivity contribution in [2.75, 3.05) is 13.1 Å². The highest BCUT2D eigenvalue weighted by Gasteiger charge is 2.27. The fourth-order valence-corrected chi connectivity index (χ4v) is 1.96. The molecule has 1 aromatic rings. The van der Waals surface area contributed by atoms with Gasteiger partial charge in [-0.3, -0.25) is 14.4 Å². The molecule has 0 aliphatic rings. The topological polar surface area (TPSA) is 86.7 Å². The molecule has 1 aromatic carbocycles. The van der Waals surface area contributed by atoms with Gasteiger partial charge in [0.05, 0.1) is 6.42 Å². The first-order valence-corrected chi connectivity index (χ1v) is 6.86. The van der Waals surface area contributed by atoms with Crippen LogP contribution in [0.15, 0.2) is 30.3 Å². The van der Waals surface area contributed by atoms with E-state index in [9.17, 15) is 14.4 Å². The molecule has 0 aliphatic heterocycles. The number of carboxylic acids is 1. The van der Waals surface area contributed by atoms with Gasteiger partial charge >= 0.3 is 5.97 Å². The van der Waals surface area contributed by atoms with Crippen LogP contribution in [-0.4, -0.2) is 46.9 Å². The summed E-state index contributed by atoms with van der Waals surface area (Å²) in [5.41, 5.74) is 0.389. The molecule has 0 bridgehead atoms. The Morgan fingerprint density at radius 1 is 1.14 bits per heavy atom. The third-order valence-corrected chi connectivity index (χ3v) is 3.09. The van der Waals surface area contributed by atoms with E-state index in [2.05, 4.69) is 5.32 Å². The zero-order chi connectivity index (χ0) is 15.8. The minimum atomic E-state index is -1.13. The van der Waals surface area contributed by atoms with E-state index in [4.69, 9.17) is 5.11 Å². The number of carboxylic acid groups (broad SMARTS) is 1. The van der Waals surface area contributed by atoms with Gasteiger partial charge in [0.25, 0.3) is 5.91 Å². The van der Waals surface area contributed by atoms with Crippen molar-refractivity contribution in [2.24, 2.45) is 0 Å². The van der Waals surface area contributed by atoms with Crippen LogP contribution < -0.4 is 5.32 Å². The zero-order valence-electron chi connectivity index (χ0n) is 12.2. The first-order chi connectivity index (χ1) is 9.99. The van der Waals surface area contributed by atoms with Crippen molar-refractivity contribution in [3.8, 4) is 0 Å². The summed E-state index contributed by atoms with van der Waals surface area (Å²) < 4.78 is 0. The van der Waals surface area contributed by atoms with Crippen LogP contribution in [0.2, 0.25) is 0 Å². The monoisotopic (exact) mass is 292 g/mol. The Balaban J connectivity index is 2.85. The first kappa shape index (κ1) is 16.7. The number of hydrogen-bond donors (Lipinski definition) is 2. The Hall–Kier alpha value is -2.37. The molecule has 0 aromatic heterocycles. The number of nitrogens with one attached hydrogen (secondary N) is 1. The van der Waals surface area contributed by atoms with Gasteiger partial charge in [0, 0.05) is 18.7 Å². The summed E-state index contributed by atoms with van der Waals surface area (Å²) >= 11 is 0. The van der Waals surface area contributed by atoms with Crippen LogP contribution in [0.5, 0.6) is 0 Å². The Labute approximate surface area is 123 Å². The molecule has 0 heterocycles. The van der Waals surface area contributed by atoms with E-state index >= 15 is 0 Å². The second kappa shape index (κ2) is 8.04. The molecule has 0 spiro atoms. The number of hydrogen-bond acceptors (Lipinski definition) is 3. The van der Waals surface area contributed by atoms with E-state index in [1.165, 1.54) is 4.90 Å². The van der Waals surface area contributed by atoms with Crippen molar-refractivity contribution in [3.63, 3.8) is 0 Å². The molecule has 0 fully saturated rings. The van der Waals surface area contributed by atoms with E-state index in [-0.39, 0.29) is 5.91 Å². The van der Waals surface area contributed by atoms with E-state index in [1.54, 1.807) is 44.2 Å². The summed E-state index contributed by atoms with van der Waals surface area (Å²) in [4.78, 5) is 36.7. The summed E-state index contributed by atoms with van der Waals surface area (Å²) in [5, 5.41) is 11.4. The molecular formula is C15H20N2O4. The van der Waals surface area contributed by atoms with Crippen molar-refractivity contribution in [2.45, 2.75) is 26.3 Å². The Bertz CT molecular complexity index is 498. The standard InChI is InChI=1S/C15H20N2O4/c1-3-17(4-2)15(21)12(10-13(18)19)16-14(20)11-8-6-5-7-9-11/h5-9,12H,3-4,10H2,1-2H3,(H,16,20)(H,18,19). The maximum absolute atomic E-state index is 12.3. The van der Waals surface area contributed by atoms with Gasteiger partial charge in [-0.25, -0.2) is 0 Å². The highest BCUT2D eigenvalue weighted by molar-refractivity contribution is 5.98. The summed E-state index contributed by atoms with van der Waals surface area (Å²) in [7, 11) is 0. The van der Waals surface area contributed by atoms with Gasteiger partial charge in [-0.05, 0) is 26.0 Å². The van der Waals surface area contributed by atoms with Crippen LogP contribution in [0.1, 0.15) is 30.6 Å². The summed E-state index contributed by atoms with van der Waals surface area (Å²) in [6.45, 7) is 4.54. The maximum atomic E-state index is 12.3. The minimum Gasteiger partial charge on any atom is -0.481 e. The number of carbonyl (C=O) groups excluding carboxylic acids is 2. The average Bonchev–Trinajstić information content (AvgIpc) is 2.48. The molecular weight excluding hydrogens is 272 g/mol. The number of benzene rings is 1. The first-order valence-electron chi connectivity index (χ1n) is 6.86. The smallest absolute Gasteiger partial charge is 0.305 e. The predicted molar refractivity (Wildman–Crippen MR) is 77.9 cm³/mol. The molecule has 0 saturated carbocycles. The van der Waals surface area contributed by atoms with Crippen LogP contribution in [0.3, 0.4) is 0 Å². The van der Waals surface area contributed by atoms with Crippen LogP contribution in [0.4, 0.5) is 0 Å². The van der Waals surface area contributed by atoms with Gasteiger partial charge in [0.2, 0.25) is 5.91 Å². The highest BCUT2D eigenvalue weighted by Crippen LogP contribution is 2.04. The average molecular weight is 292 g/mol. The zero-order valence-corrected chi connectivity index (χ0v) is 12.2. The normalized spacial score (nSPS) is 11.5. The number of aliphatic carboxylic acids is 1. The highest BCUT2D eigenvalue weighted by atomic mass is 16.4. The molecule has 6 nitrogen and oxygen atoms in total. The number of likely N-dealkylation sites (N-methyl/N-ethyl adjacent to an activating group) is 1. The minimum absolute atomic E-state index is 0.383. The van der Waals surface area contributed by atoms with Crippen LogP contribution in [0, 0.1) is 0 Å². The largest absolute Gasteiger partial charge is 0.481 e. The van der Waals surface area contributed by atoms with Crippen molar-refractivity contribution in [1.29, 1.82) is 0 Å². The Kier molecular flexibility index (Phi) is 6.39. The van der Waals surface area contributed by atoms with Crippen molar-refractivity contribution in [1.82, 2.24) is 10.2 Å². The van der Waals surface area contributed by atoms with Crippen LogP contribution in [-0.2, 0) is 9.59 Å². The van der Waals surface area contributed by atoms with Gasteiger partial charge in [0.15, 0.2) is 0 Å². The summed E-state index contributed by atoms with van der Waals surface area (Å²) in [5.74, 6) is -1.97. The lowest BCUT2D eigenvalue weighted by Crippen LogP contribution is -2.49. The lowest BCUT2D eigenvalue weighted by atomic mass is 10.1. The van der Waals surface area contributed by atoms with Crippen molar-refractivity contribution >= 4 is 17.8 Å². The van der Waals surface area contributed by atoms with Gasteiger partial charge in [-0.15, -0.1) is 0 Å². The fraction of sp³-hybridized carbons (Fsp3) is 0.400. The number of carbonyl (C=O) groups is 3. The second-order valence-electron chi connectivity index (χ2n) is 4.50. The predicted octanol–water partition coefficient (Wildman–Crippen LogP) is 1.13. The quantitative estimate of drug-likeness (QED) is 0.788. The van der Waals surface area contributed by atoms with E-state index in [1.807, 2.05) is 0 Å². The molecule has 1 atom stereocenters. The van der Waals surface area contributed by atoms with E-state index < -0.39 is 24.3 Å². The summed E-state index contributed by atoms with van der Waals surface area (Å²) in [6, 6.07) is 7.33. The molecule has 21 heavy (non-hydrogen) atoms. The molecule has 1 unspecified atom stereocenters. The molecule has 6 heteroatoms. The maximum Gasteiger partial charge on any atom is 0.305 e. The molecule has 1 rings (SSSR count). The van der Waals surface area contributed by atoms with Crippen LogP contribution in [0.25, 0.3) is 0 Å². The summed E-state index contributed by atoms with van der Waals surface area (Å²) in [6.07, 6.45) is -0.437. The van der Waals surface area contributed by atoms with Crippen molar-refractivity contribution < 1.29 is 19.5 Å². The van der Waals surface area contributed by atoms with Gasteiger partial charge in [0.1, 0.15) is 6.04 Å². The lowest BCUT2D eigenvalue weighted by molar-refractivity contribution is -0.142. The molecule has 0 radical (unpaired) electrons. The molecule has 0 saturated heterocycles. The fourth-order valence-electron chi connectivity index (χ4n) is 1.96. The van der Waals surface area contributed by atoms with Gasteiger partial charge in [-0.2, -0.15) is 0 Å². The molecule has 2 amide bonds. The van der Waals surface area contributed by atoms with E-state index in [0.29, 0.717) is 18.7 Å². The van der Waals surface area contributed by atoms with Crippen molar-refractivity contribution in [3.05, 3.63) is 35.9 Å². The SMILES string of the molecule is CCN(CC)C(=O)C(CC(=O)O)NC(=O)c1ccccc1. The lowest BCUT2D eigenvalue weighted by Gasteiger charge is -2.25. The number of amides is 2. The number of nitrogens with zero attached hydrogens (tertiary/aromatic N) is 1. The Morgan fingerprint density at radius 2 is 1.71 bits per heavy atom. The third-order valence-electron chi connectivity index (χ3n) is 3.09. The van der Waals surface area contributed by atoms with Crippen LogP contribution >= 0.6 is 0 Å². The second-order valence-corrected chi connectivity index (χ2v) is 4.50. The molecule has 2 N–H and O–H groups in total.